The molecular weight excluding hydrogens is 522 g/mol. The molecule has 0 heterocycles. The summed E-state index contributed by atoms with van der Waals surface area (Å²) in [6.07, 6.45) is 6.68. The van der Waals surface area contributed by atoms with Gasteiger partial charge in [0.2, 0.25) is 21.8 Å². The van der Waals surface area contributed by atoms with Crippen LogP contribution in [0.25, 0.3) is 0 Å². The highest BCUT2D eigenvalue weighted by atomic mass is 35.5. The first-order valence-electron chi connectivity index (χ1n) is 13.4. The summed E-state index contributed by atoms with van der Waals surface area (Å²) in [6, 6.07) is 13.7. The summed E-state index contributed by atoms with van der Waals surface area (Å²) in [5, 5.41) is 3.72. The van der Waals surface area contributed by atoms with Crippen LogP contribution in [0.4, 0.5) is 5.69 Å². The minimum absolute atomic E-state index is 0.102. The van der Waals surface area contributed by atoms with Gasteiger partial charge >= 0.3 is 0 Å². The number of hydrogen-bond acceptors (Lipinski definition) is 4. The van der Waals surface area contributed by atoms with E-state index < -0.39 is 28.5 Å². The number of anilines is 1. The Balaban J connectivity index is 1.90. The molecular formula is C29H40ClN3O4S. The highest BCUT2D eigenvalue weighted by Crippen LogP contribution is 2.24. The fourth-order valence-corrected chi connectivity index (χ4v) is 5.87. The Labute approximate surface area is 232 Å². The average Bonchev–Trinajstić information content (AvgIpc) is 2.88. The molecule has 38 heavy (non-hydrogen) atoms. The highest BCUT2D eigenvalue weighted by Gasteiger charge is 2.32. The number of hydrogen-bond donors (Lipinski definition) is 1. The van der Waals surface area contributed by atoms with E-state index in [0.29, 0.717) is 23.0 Å². The van der Waals surface area contributed by atoms with E-state index >= 15 is 0 Å². The van der Waals surface area contributed by atoms with Crippen LogP contribution in [-0.4, -0.2) is 50.0 Å². The first-order chi connectivity index (χ1) is 18.0. The van der Waals surface area contributed by atoms with Gasteiger partial charge in [-0.25, -0.2) is 8.42 Å². The molecule has 1 atom stereocenters. The SMILES string of the molecule is CC[C@@H](C(=O)NC1CCCCC1)N(Cc1ccc(Cl)cc1)C(=O)CN(c1ccc(C(C)C)cc1)S(C)(=O)=O. The molecule has 0 aliphatic heterocycles. The van der Waals surface area contributed by atoms with Crippen molar-refractivity contribution < 1.29 is 18.0 Å². The second kappa shape index (κ2) is 13.5. The second-order valence-corrected chi connectivity index (χ2v) is 12.8. The predicted molar refractivity (Wildman–Crippen MR) is 154 cm³/mol. The number of nitrogens with one attached hydrogen (secondary N) is 1. The van der Waals surface area contributed by atoms with Gasteiger partial charge < -0.3 is 10.2 Å². The molecule has 2 aromatic carbocycles. The van der Waals surface area contributed by atoms with Crippen LogP contribution in [-0.2, 0) is 26.2 Å². The molecule has 1 saturated carbocycles. The maximum Gasteiger partial charge on any atom is 0.244 e. The first kappa shape index (κ1) is 30.0. The molecule has 0 saturated heterocycles. The summed E-state index contributed by atoms with van der Waals surface area (Å²) in [7, 11) is -3.77. The van der Waals surface area contributed by atoms with Gasteiger partial charge in [0.25, 0.3) is 0 Å². The van der Waals surface area contributed by atoms with Crippen molar-refractivity contribution in [3.05, 3.63) is 64.7 Å². The van der Waals surface area contributed by atoms with E-state index in [9.17, 15) is 18.0 Å². The van der Waals surface area contributed by atoms with Crippen LogP contribution in [0.15, 0.2) is 48.5 Å². The number of carbonyl (C=O) groups is 2. The zero-order chi connectivity index (χ0) is 27.9. The third-order valence-corrected chi connectivity index (χ3v) is 8.52. The van der Waals surface area contributed by atoms with Crippen LogP contribution in [0.5, 0.6) is 0 Å². The van der Waals surface area contributed by atoms with Crippen LogP contribution in [0.1, 0.15) is 76.3 Å². The van der Waals surface area contributed by atoms with Crippen LogP contribution < -0.4 is 9.62 Å². The Morgan fingerprint density at radius 1 is 1.00 bits per heavy atom. The Kier molecular flexibility index (Phi) is 10.6. The van der Waals surface area contributed by atoms with Crippen molar-refractivity contribution in [3.63, 3.8) is 0 Å². The highest BCUT2D eigenvalue weighted by molar-refractivity contribution is 7.92. The van der Waals surface area contributed by atoms with Crippen LogP contribution in [0, 0.1) is 0 Å². The van der Waals surface area contributed by atoms with Crippen molar-refractivity contribution in [1.29, 1.82) is 0 Å². The minimum Gasteiger partial charge on any atom is -0.352 e. The van der Waals surface area contributed by atoms with Gasteiger partial charge in [0.1, 0.15) is 12.6 Å². The number of sulfonamides is 1. The summed E-state index contributed by atoms with van der Waals surface area (Å²) in [5.74, 6) is -0.349. The normalized spacial score (nSPS) is 15.2. The van der Waals surface area contributed by atoms with Crippen molar-refractivity contribution in [2.24, 2.45) is 0 Å². The van der Waals surface area contributed by atoms with E-state index in [1.165, 1.54) is 11.3 Å². The van der Waals surface area contributed by atoms with Gasteiger partial charge in [0.05, 0.1) is 11.9 Å². The molecule has 1 fully saturated rings. The monoisotopic (exact) mass is 561 g/mol. The molecule has 1 N–H and O–H groups in total. The number of benzene rings is 2. The number of amides is 2. The molecule has 1 aliphatic rings. The standard InChI is InChI=1S/C29H40ClN3O4S/c1-5-27(29(35)31-25-9-7-6-8-10-25)32(19-22-11-15-24(30)16-12-22)28(34)20-33(38(4,36)37)26-17-13-23(14-18-26)21(2)3/h11-18,21,25,27H,5-10,19-20H2,1-4H3,(H,31,35)/t27-/m0/s1. The molecule has 1 aliphatic carbocycles. The first-order valence-corrected chi connectivity index (χ1v) is 15.6. The minimum atomic E-state index is -3.77. The molecule has 3 rings (SSSR count). The molecule has 9 heteroatoms. The van der Waals surface area contributed by atoms with Gasteiger partial charge in [-0.3, -0.25) is 13.9 Å². The van der Waals surface area contributed by atoms with Crippen molar-refractivity contribution in [3.8, 4) is 0 Å². The van der Waals surface area contributed by atoms with Crippen LogP contribution in [0.3, 0.4) is 0 Å². The van der Waals surface area contributed by atoms with E-state index in [-0.39, 0.29) is 18.5 Å². The van der Waals surface area contributed by atoms with Gasteiger partial charge in [0, 0.05) is 17.6 Å². The molecule has 2 amide bonds. The molecule has 0 unspecified atom stereocenters. The fraction of sp³-hybridized carbons (Fsp3) is 0.517. The van der Waals surface area contributed by atoms with Crippen LogP contribution in [0.2, 0.25) is 5.02 Å². The average molecular weight is 562 g/mol. The third-order valence-electron chi connectivity index (χ3n) is 7.13. The number of nitrogens with zero attached hydrogens (tertiary/aromatic N) is 2. The van der Waals surface area contributed by atoms with E-state index in [1.807, 2.05) is 31.2 Å². The summed E-state index contributed by atoms with van der Waals surface area (Å²) in [4.78, 5) is 28.8. The quantitative estimate of drug-likeness (QED) is 0.393. The molecule has 0 aromatic heterocycles. The van der Waals surface area contributed by atoms with Gasteiger partial charge in [-0.15, -0.1) is 0 Å². The predicted octanol–water partition coefficient (Wildman–Crippen LogP) is 5.49. The fourth-order valence-electron chi connectivity index (χ4n) is 4.89. The van der Waals surface area contributed by atoms with Crippen molar-refractivity contribution in [2.75, 3.05) is 17.1 Å². The van der Waals surface area contributed by atoms with Crippen molar-refractivity contribution in [1.82, 2.24) is 10.2 Å². The van der Waals surface area contributed by atoms with Gasteiger partial charge in [-0.05, 0) is 60.6 Å². The lowest BCUT2D eigenvalue weighted by atomic mass is 9.95. The summed E-state index contributed by atoms with van der Waals surface area (Å²) in [5.41, 5.74) is 2.29. The second-order valence-electron chi connectivity index (χ2n) is 10.4. The lowest BCUT2D eigenvalue weighted by Crippen LogP contribution is -2.53. The van der Waals surface area contributed by atoms with E-state index in [2.05, 4.69) is 19.2 Å². The Hall–Kier alpha value is -2.58. The number of rotatable bonds is 11. The summed E-state index contributed by atoms with van der Waals surface area (Å²) >= 11 is 6.06. The maximum absolute atomic E-state index is 13.8. The van der Waals surface area contributed by atoms with Crippen molar-refractivity contribution >= 4 is 39.1 Å². The summed E-state index contributed by atoms with van der Waals surface area (Å²) < 4.78 is 26.7. The molecule has 0 radical (unpaired) electrons. The van der Waals surface area contributed by atoms with Crippen LogP contribution >= 0.6 is 11.6 Å². The molecule has 0 spiro atoms. The Morgan fingerprint density at radius 2 is 1.61 bits per heavy atom. The molecule has 0 bridgehead atoms. The van der Waals surface area contributed by atoms with Gasteiger partial charge in [-0.2, -0.15) is 0 Å². The summed E-state index contributed by atoms with van der Waals surface area (Å²) in [6.45, 7) is 5.75. The topological polar surface area (TPSA) is 86.8 Å². The van der Waals surface area contributed by atoms with E-state index in [0.717, 1.165) is 47.4 Å². The smallest absolute Gasteiger partial charge is 0.244 e. The van der Waals surface area contributed by atoms with E-state index in [4.69, 9.17) is 11.6 Å². The number of carbonyl (C=O) groups excluding carboxylic acids is 2. The third kappa shape index (κ3) is 8.21. The number of halogens is 1. The Morgan fingerprint density at radius 3 is 2.13 bits per heavy atom. The zero-order valence-electron chi connectivity index (χ0n) is 22.8. The molecule has 208 valence electrons. The Bertz CT molecular complexity index is 1180. The zero-order valence-corrected chi connectivity index (χ0v) is 24.4. The molecule has 2 aromatic rings. The largest absolute Gasteiger partial charge is 0.352 e. The molecule has 7 nitrogen and oxygen atoms in total. The lowest BCUT2D eigenvalue weighted by molar-refractivity contribution is -0.140. The lowest BCUT2D eigenvalue weighted by Gasteiger charge is -2.34. The van der Waals surface area contributed by atoms with E-state index in [1.54, 1.807) is 24.3 Å². The maximum atomic E-state index is 13.8. The van der Waals surface area contributed by atoms with Gasteiger partial charge in [0.15, 0.2) is 0 Å². The van der Waals surface area contributed by atoms with Gasteiger partial charge in [-0.1, -0.05) is 75.9 Å². The van der Waals surface area contributed by atoms with Crippen molar-refractivity contribution in [2.45, 2.75) is 83.8 Å².